The van der Waals surface area contributed by atoms with Gasteiger partial charge in [-0.2, -0.15) is 0 Å². The largest absolute Gasteiger partial charge is 0.477 e. The number of quaternary nitrogens is 1. The fourth-order valence-corrected chi connectivity index (χ4v) is 5.14. The maximum atomic E-state index is 11.8. The minimum atomic E-state index is -1.17. The molecule has 0 aliphatic rings. The lowest BCUT2D eigenvalue weighted by Crippen LogP contribution is -2.70. The van der Waals surface area contributed by atoms with Crippen molar-refractivity contribution >= 4 is 17.9 Å². The van der Waals surface area contributed by atoms with Gasteiger partial charge >= 0.3 is 17.9 Å². The van der Waals surface area contributed by atoms with E-state index in [9.17, 15) is 29.7 Å². The highest BCUT2D eigenvalue weighted by Gasteiger charge is 2.52. The summed E-state index contributed by atoms with van der Waals surface area (Å²) < 4.78 is -0.476. The third-order valence-corrected chi connectivity index (χ3v) is 7.64. The second-order valence-electron chi connectivity index (χ2n) is 10.1. The molecule has 7 nitrogen and oxygen atoms in total. The number of hydrogen-bond acceptors (Lipinski definition) is 3. The molecule has 3 atom stereocenters. The highest BCUT2D eigenvalue weighted by Crippen LogP contribution is 2.27. The summed E-state index contributed by atoms with van der Waals surface area (Å²) in [5.41, 5.74) is 0. The van der Waals surface area contributed by atoms with Crippen LogP contribution in [0.4, 0.5) is 0 Å². The second kappa shape index (κ2) is 19.3. The Hall–Kier alpha value is -1.89. The molecule has 0 fully saturated rings. The molecular formula is C28H52NO6+. The second-order valence-corrected chi connectivity index (χ2v) is 10.1. The third-order valence-electron chi connectivity index (χ3n) is 7.64. The van der Waals surface area contributed by atoms with Crippen LogP contribution in [0.2, 0.25) is 0 Å². The zero-order valence-electron chi connectivity index (χ0n) is 22.7. The smallest absolute Gasteiger partial charge is 0.362 e. The number of carbonyl (C=O) groups is 3. The molecule has 0 saturated carbocycles. The first kappa shape index (κ1) is 33.1. The van der Waals surface area contributed by atoms with Gasteiger partial charge in [0.25, 0.3) is 0 Å². The molecular weight excluding hydrogens is 446 g/mol. The highest BCUT2D eigenvalue weighted by molar-refractivity contribution is 5.77. The monoisotopic (exact) mass is 498 g/mol. The molecule has 0 aromatic heterocycles. The zero-order valence-corrected chi connectivity index (χ0v) is 22.7. The Morgan fingerprint density at radius 3 is 1.14 bits per heavy atom. The van der Waals surface area contributed by atoms with Crippen LogP contribution >= 0.6 is 0 Å². The summed E-state index contributed by atoms with van der Waals surface area (Å²) in [7, 11) is 0. The van der Waals surface area contributed by atoms with Gasteiger partial charge in [0.05, 0.1) is 6.54 Å². The topological polar surface area (TPSA) is 112 Å². The predicted octanol–water partition coefficient (Wildman–Crippen LogP) is 6.65. The van der Waals surface area contributed by atoms with Gasteiger partial charge in [-0.1, -0.05) is 82.8 Å². The number of carboxylic acid groups (broad SMARTS) is 3. The molecule has 0 aliphatic heterocycles. The molecule has 0 heterocycles. The molecule has 0 rings (SSSR count). The summed E-state index contributed by atoms with van der Waals surface area (Å²) in [4.78, 5) is 35.3. The normalized spacial score (nSPS) is 16.0. The molecule has 3 unspecified atom stereocenters. The number of hydrogen-bond donors (Lipinski definition) is 3. The number of allylic oxidation sites excluding steroid dienone is 2. The average Bonchev–Trinajstić information content (AvgIpc) is 2.82. The standard InChI is InChI=1S/C28H51NO6/c1-5-6-7-8-9-10-11-12-13-14-15-16-17-18-19-20-21-22-29(23(2)26(30)31,24(3)27(32)33)25(4)28(34)35/h5-6,23-25H,7-22H2,1-4H3,(H2-,30,31,32,33,34,35)/p+1/b6-5+. The van der Waals surface area contributed by atoms with E-state index in [2.05, 4.69) is 19.1 Å². The van der Waals surface area contributed by atoms with Gasteiger partial charge in [-0.15, -0.1) is 0 Å². The van der Waals surface area contributed by atoms with E-state index in [-0.39, 0.29) is 6.54 Å². The van der Waals surface area contributed by atoms with Crippen LogP contribution in [0.5, 0.6) is 0 Å². The SMILES string of the molecule is C/C=C/CCCCCCCCCCCCCCCC[N+](C(C)C(=O)O)(C(C)C(=O)O)C(C)C(=O)O. The van der Waals surface area contributed by atoms with Crippen molar-refractivity contribution < 1.29 is 34.2 Å². The minimum Gasteiger partial charge on any atom is -0.477 e. The number of unbranched alkanes of at least 4 members (excludes halogenated alkanes) is 14. The van der Waals surface area contributed by atoms with E-state index >= 15 is 0 Å². The van der Waals surface area contributed by atoms with Crippen molar-refractivity contribution in [2.45, 2.75) is 142 Å². The fraction of sp³-hybridized carbons (Fsp3) is 0.821. The van der Waals surface area contributed by atoms with Crippen molar-refractivity contribution in [3.8, 4) is 0 Å². The molecule has 3 N–H and O–H groups in total. The first-order chi connectivity index (χ1) is 16.6. The predicted molar refractivity (Wildman–Crippen MR) is 140 cm³/mol. The van der Waals surface area contributed by atoms with Crippen molar-refractivity contribution in [1.29, 1.82) is 0 Å². The molecule has 7 heteroatoms. The fourth-order valence-electron chi connectivity index (χ4n) is 5.14. The van der Waals surface area contributed by atoms with E-state index in [0.717, 1.165) is 19.3 Å². The first-order valence-corrected chi connectivity index (χ1v) is 13.8. The molecule has 0 bridgehead atoms. The maximum Gasteiger partial charge on any atom is 0.362 e. The summed E-state index contributed by atoms with van der Waals surface area (Å²) in [6.45, 7) is 6.57. The van der Waals surface area contributed by atoms with E-state index < -0.39 is 40.5 Å². The van der Waals surface area contributed by atoms with Gasteiger partial charge in [0.2, 0.25) is 0 Å². The van der Waals surface area contributed by atoms with Gasteiger partial charge in [-0.3, -0.25) is 4.48 Å². The van der Waals surface area contributed by atoms with E-state index in [1.807, 2.05) is 0 Å². The molecule has 0 radical (unpaired) electrons. The van der Waals surface area contributed by atoms with Crippen LogP contribution in [-0.4, -0.2) is 62.4 Å². The van der Waals surface area contributed by atoms with Crippen LogP contribution < -0.4 is 0 Å². The lowest BCUT2D eigenvalue weighted by atomic mass is 9.99. The molecule has 0 aromatic carbocycles. The molecule has 0 amide bonds. The lowest BCUT2D eigenvalue weighted by molar-refractivity contribution is -0.968. The van der Waals surface area contributed by atoms with Crippen LogP contribution in [0, 0.1) is 0 Å². The lowest BCUT2D eigenvalue weighted by Gasteiger charge is -2.47. The highest BCUT2D eigenvalue weighted by atomic mass is 16.4. The van der Waals surface area contributed by atoms with Crippen molar-refractivity contribution in [3.63, 3.8) is 0 Å². The molecule has 204 valence electrons. The Morgan fingerprint density at radius 2 is 0.857 bits per heavy atom. The van der Waals surface area contributed by atoms with Gasteiger partial charge in [-0.05, 0) is 53.4 Å². The van der Waals surface area contributed by atoms with Crippen LogP contribution in [-0.2, 0) is 14.4 Å². The molecule has 0 aliphatic carbocycles. The quantitative estimate of drug-likeness (QED) is 0.0826. The Balaban J connectivity index is 4.23. The van der Waals surface area contributed by atoms with Crippen LogP contribution in [0.3, 0.4) is 0 Å². The van der Waals surface area contributed by atoms with Crippen LogP contribution in [0.15, 0.2) is 12.2 Å². The summed E-state index contributed by atoms with van der Waals surface area (Å²) in [6.07, 6.45) is 22.1. The van der Waals surface area contributed by atoms with Gasteiger partial charge in [0.1, 0.15) is 0 Å². The summed E-state index contributed by atoms with van der Waals surface area (Å²) in [5, 5.41) is 28.9. The van der Waals surface area contributed by atoms with E-state index in [0.29, 0.717) is 6.42 Å². The summed E-state index contributed by atoms with van der Waals surface area (Å²) in [5.74, 6) is -3.51. The Bertz CT molecular complexity index is 583. The van der Waals surface area contributed by atoms with E-state index in [4.69, 9.17) is 0 Å². The van der Waals surface area contributed by atoms with Crippen molar-refractivity contribution in [3.05, 3.63) is 12.2 Å². The molecule has 35 heavy (non-hydrogen) atoms. The van der Waals surface area contributed by atoms with Gasteiger partial charge in [-0.25, -0.2) is 14.4 Å². The van der Waals surface area contributed by atoms with E-state index in [1.54, 1.807) is 0 Å². The number of carboxylic acids is 3. The maximum absolute atomic E-state index is 11.8. The average molecular weight is 499 g/mol. The van der Waals surface area contributed by atoms with Crippen LogP contribution in [0.1, 0.15) is 124 Å². The van der Waals surface area contributed by atoms with E-state index in [1.165, 1.54) is 91.4 Å². The van der Waals surface area contributed by atoms with Gasteiger partial charge < -0.3 is 15.3 Å². The van der Waals surface area contributed by atoms with Crippen molar-refractivity contribution in [2.75, 3.05) is 6.54 Å². The van der Waals surface area contributed by atoms with Crippen LogP contribution in [0.25, 0.3) is 0 Å². The number of nitrogens with zero attached hydrogens (tertiary/aromatic N) is 1. The third kappa shape index (κ3) is 12.6. The summed E-state index contributed by atoms with van der Waals surface area (Å²) in [6, 6.07) is -3.36. The number of rotatable bonds is 23. The Kier molecular flexibility index (Phi) is 18.3. The van der Waals surface area contributed by atoms with Crippen molar-refractivity contribution in [1.82, 2.24) is 0 Å². The van der Waals surface area contributed by atoms with Gasteiger partial charge in [0, 0.05) is 0 Å². The first-order valence-electron chi connectivity index (χ1n) is 13.8. The Morgan fingerprint density at radius 1 is 0.571 bits per heavy atom. The molecule has 0 spiro atoms. The number of aliphatic carboxylic acids is 3. The van der Waals surface area contributed by atoms with Crippen molar-refractivity contribution in [2.24, 2.45) is 0 Å². The molecule has 0 aromatic rings. The zero-order chi connectivity index (χ0) is 26.7. The van der Waals surface area contributed by atoms with Gasteiger partial charge in [0.15, 0.2) is 18.1 Å². The molecule has 0 saturated heterocycles. The Labute approximate surface area is 213 Å². The minimum absolute atomic E-state index is 0.226. The summed E-state index contributed by atoms with van der Waals surface area (Å²) >= 11 is 0.